The van der Waals surface area contributed by atoms with Crippen molar-refractivity contribution in [1.82, 2.24) is 10.6 Å². The summed E-state index contributed by atoms with van der Waals surface area (Å²) >= 11 is 21.0. The third-order valence-corrected chi connectivity index (χ3v) is 7.64. The quantitative estimate of drug-likeness (QED) is 0.213. The molecule has 0 heterocycles. The van der Waals surface area contributed by atoms with Crippen molar-refractivity contribution in [2.45, 2.75) is 36.9 Å². The Morgan fingerprint density at radius 3 is 2.35 bits per heavy atom. The number of nitrogens with one attached hydrogen (secondary N) is 2. The van der Waals surface area contributed by atoms with Gasteiger partial charge in [-0.1, -0.05) is 53.0 Å². The number of rotatable bonds is 10. The zero-order valence-corrected chi connectivity index (χ0v) is 23.4. The molecule has 2 amide bonds. The summed E-state index contributed by atoms with van der Waals surface area (Å²) < 4.78 is 46.7. The molecular formula is C25H23BrCl3F3N2O3. The summed E-state index contributed by atoms with van der Waals surface area (Å²) in [6.07, 6.45) is -0.659. The van der Waals surface area contributed by atoms with Crippen LogP contribution in [0.3, 0.4) is 0 Å². The van der Waals surface area contributed by atoms with Gasteiger partial charge in [-0.15, -0.1) is 0 Å². The summed E-state index contributed by atoms with van der Waals surface area (Å²) in [5, 5.41) is 5.39. The largest absolute Gasteiger partial charge is 0.399 e. The lowest BCUT2D eigenvalue weighted by Gasteiger charge is -2.19. The van der Waals surface area contributed by atoms with Crippen LogP contribution in [-0.4, -0.2) is 43.8 Å². The van der Waals surface area contributed by atoms with E-state index >= 15 is 0 Å². The van der Waals surface area contributed by atoms with Gasteiger partial charge in [0.2, 0.25) is 5.91 Å². The summed E-state index contributed by atoms with van der Waals surface area (Å²) in [4.78, 5) is 25.3. The van der Waals surface area contributed by atoms with E-state index in [-0.39, 0.29) is 32.1 Å². The number of carbonyl (C=O) groups is 2. The molecule has 1 aliphatic rings. The molecule has 1 aliphatic carbocycles. The van der Waals surface area contributed by atoms with Crippen LogP contribution in [0, 0.1) is 0 Å². The Kier molecular flexibility index (Phi) is 9.97. The summed E-state index contributed by atoms with van der Waals surface area (Å²) in [5.74, 6) is -2.71. The minimum Gasteiger partial charge on any atom is -0.385 e. The second-order valence-corrected chi connectivity index (χ2v) is 10.6. The molecule has 12 heteroatoms. The monoisotopic (exact) mass is 640 g/mol. The molecule has 1 unspecified atom stereocenters. The lowest BCUT2D eigenvalue weighted by Crippen LogP contribution is -2.49. The maximum atomic E-state index is 13.8. The molecule has 0 aliphatic heterocycles. The summed E-state index contributed by atoms with van der Waals surface area (Å²) in [6, 6.07) is 6.76. The van der Waals surface area contributed by atoms with Crippen molar-refractivity contribution in [3.63, 3.8) is 0 Å². The van der Waals surface area contributed by atoms with Crippen LogP contribution in [0.4, 0.5) is 13.2 Å². The number of allylic oxidation sites excluding steroid dienone is 1. The molecule has 0 saturated heterocycles. The maximum absolute atomic E-state index is 13.8. The van der Waals surface area contributed by atoms with E-state index in [1.165, 1.54) is 24.3 Å². The van der Waals surface area contributed by atoms with E-state index in [1.54, 1.807) is 7.11 Å². The van der Waals surface area contributed by atoms with Gasteiger partial charge < -0.3 is 15.4 Å². The van der Waals surface area contributed by atoms with Crippen LogP contribution in [0.25, 0.3) is 6.08 Å². The molecule has 2 aromatic carbocycles. The number of benzene rings is 2. The van der Waals surface area contributed by atoms with Crippen molar-refractivity contribution < 1.29 is 27.5 Å². The van der Waals surface area contributed by atoms with Crippen LogP contribution in [-0.2, 0) is 9.53 Å². The standard InChI is InChI=1S/C25H23BrCl3F3N2O3/c1-37-10-2-9-33-23(36)24(7-8-24)34-22(35)16-5-3-14(11-18(16)26)4-6-17(25(30,31)32)15-12-19(27)21(29)20(28)13-15/h3-6,11-13,17H,2,7-10H2,1H3,(H,33,36)(H,34,35). The van der Waals surface area contributed by atoms with E-state index in [9.17, 15) is 22.8 Å². The Hall–Kier alpha value is -1.78. The van der Waals surface area contributed by atoms with E-state index in [2.05, 4.69) is 26.6 Å². The van der Waals surface area contributed by atoms with Gasteiger partial charge in [0.25, 0.3) is 5.91 Å². The van der Waals surface area contributed by atoms with Crippen LogP contribution >= 0.6 is 50.7 Å². The zero-order chi connectivity index (χ0) is 27.4. The van der Waals surface area contributed by atoms with Gasteiger partial charge in [0.05, 0.1) is 26.5 Å². The minimum atomic E-state index is -4.61. The molecular weight excluding hydrogens is 620 g/mol. The molecule has 2 aromatic rings. The van der Waals surface area contributed by atoms with Gasteiger partial charge in [0.15, 0.2) is 0 Å². The van der Waals surface area contributed by atoms with Crippen molar-refractivity contribution in [1.29, 1.82) is 0 Å². The Bertz CT molecular complexity index is 1180. The average molecular weight is 643 g/mol. The SMILES string of the molecule is COCCCNC(=O)C1(NC(=O)c2ccc(C=CC(c3cc(Cl)c(Cl)c(Cl)c3)C(F)(F)F)cc2Br)CC1. The number of halogens is 7. The Balaban J connectivity index is 1.73. The highest BCUT2D eigenvalue weighted by Crippen LogP contribution is 2.41. The van der Waals surface area contributed by atoms with Crippen molar-refractivity contribution in [3.05, 3.63) is 72.6 Å². The number of hydrogen-bond donors (Lipinski definition) is 2. The first-order chi connectivity index (χ1) is 17.4. The summed E-state index contributed by atoms with van der Waals surface area (Å²) in [6.45, 7) is 0.945. The fraction of sp³-hybridized carbons (Fsp3) is 0.360. The first-order valence-electron chi connectivity index (χ1n) is 11.2. The van der Waals surface area contributed by atoms with E-state index < -0.39 is 23.5 Å². The van der Waals surface area contributed by atoms with E-state index in [0.29, 0.717) is 42.5 Å². The Morgan fingerprint density at radius 1 is 1.16 bits per heavy atom. The van der Waals surface area contributed by atoms with Crippen LogP contribution in [0.5, 0.6) is 0 Å². The number of carbonyl (C=O) groups excluding carboxylic acids is 2. The molecule has 0 aromatic heterocycles. The smallest absolute Gasteiger partial charge is 0.385 e. The molecule has 1 fully saturated rings. The normalized spacial score (nSPS) is 15.5. The van der Waals surface area contributed by atoms with E-state index in [0.717, 1.165) is 18.2 Å². The molecule has 0 spiro atoms. The van der Waals surface area contributed by atoms with E-state index in [1.807, 2.05) is 0 Å². The van der Waals surface area contributed by atoms with Crippen molar-refractivity contribution >= 4 is 68.6 Å². The number of ether oxygens (including phenoxy) is 1. The van der Waals surface area contributed by atoms with Gasteiger partial charge in [-0.3, -0.25) is 9.59 Å². The lowest BCUT2D eigenvalue weighted by atomic mass is 9.97. The van der Waals surface area contributed by atoms with Crippen LogP contribution in [0.1, 0.15) is 46.7 Å². The van der Waals surface area contributed by atoms with Crippen LogP contribution < -0.4 is 10.6 Å². The molecule has 3 rings (SSSR count). The van der Waals surface area contributed by atoms with Gasteiger partial charge in [-0.2, -0.15) is 13.2 Å². The zero-order valence-electron chi connectivity index (χ0n) is 19.5. The fourth-order valence-corrected chi connectivity index (χ4v) is 4.79. The first-order valence-corrected chi connectivity index (χ1v) is 13.1. The van der Waals surface area contributed by atoms with Crippen LogP contribution in [0.2, 0.25) is 15.1 Å². The molecule has 0 bridgehead atoms. The van der Waals surface area contributed by atoms with Gasteiger partial charge >= 0.3 is 6.18 Å². The lowest BCUT2D eigenvalue weighted by molar-refractivity contribution is -0.139. The number of amides is 2. The Labute approximate surface area is 235 Å². The van der Waals surface area contributed by atoms with Crippen molar-refractivity contribution in [3.8, 4) is 0 Å². The van der Waals surface area contributed by atoms with Gasteiger partial charge in [0, 0.05) is 24.7 Å². The summed E-state index contributed by atoms with van der Waals surface area (Å²) in [5.41, 5.74) is -0.447. The molecule has 37 heavy (non-hydrogen) atoms. The highest BCUT2D eigenvalue weighted by Gasteiger charge is 2.51. The van der Waals surface area contributed by atoms with Crippen molar-refractivity contribution in [2.24, 2.45) is 0 Å². The first kappa shape index (κ1) is 29.8. The molecule has 1 atom stereocenters. The maximum Gasteiger partial charge on any atom is 0.399 e. The minimum absolute atomic E-state index is 0.0219. The molecule has 0 radical (unpaired) electrons. The predicted octanol–water partition coefficient (Wildman–Crippen LogP) is 7.18. The van der Waals surface area contributed by atoms with Crippen molar-refractivity contribution in [2.75, 3.05) is 20.3 Å². The third kappa shape index (κ3) is 7.63. The Morgan fingerprint density at radius 2 is 1.81 bits per heavy atom. The number of hydrogen-bond acceptors (Lipinski definition) is 3. The molecule has 5 nitrogen and oxygen atoms in total. The highest BCUT2D eigenvalue weighted by molar-refractivity contribution is 9.10. The van der Waals surface area contributed by atoms with Crippen LogP contribution in [0.15, 0.2) is 40.9 Å². The second kappa shape index (κ2) is 12.4. The van der Waals surface area contributed by atoms with Gasteiger partial charge in [-0.05, 0) is 70.6 Å². The third-order valence-electron chi connectivity index (χ3n) is 5.79. The predicted molar refractivity (Wildman–Crippen MR) is 142 cm³/mol. The number of methoxy groups -OCH3 is 1. The summed E-state index contributed by atoms with van der Waals surface area (Å²) in [7, 11) is 1.57. The second-order valence-electron chi connectivity index (χ2n) is 8.55. The van der Waals surface area contributed by atoms with E-state index in [4.69, 9.17) is 39.5 Å². The molecule has 200 valence electrons. The van der Waals surface area contributed by atoms with Gasteiger partial charge in [0.1, 0.15) is 5.54 Å². The highest BCUT2D eigenvalue weighted by atomic mass is 79.9. The van der Waals surface area contributed by atoms with Gasteiger partial charge in [-0.25, -0.2) is 0 Å². The topological polar surface area (TPSA) is 67.4 Å². The molecule has 1 saturated carbocycles. The molecule has 2 N–H and O–H groups in total. The fourth-order valence-electron chi connectivity index (χ4n) is 3.60. The number of alkyl halides is 3. The average Bonchev–Trinajstić information content (AvgIpc) is 3.60.